The zero-order valence-corrected chi connectivity index (χ0v) is 29.5. The van der Waals surface area contributed by atoms with Crippen LogP contribution in [0.15, 0.2) is 64.6 Å². The second-order valence-electron chi connectivity index (χ2n) is 13.6. The molecule has 3 aliphatic heterocycles. The van der Waals surface area contributed by atoms with Crippen LogP contribution in [0, 0.1) is 5.41 Å². The summed E-state index contributed by atoms with van der Waals surface area (Å²) in [6.45, 7) is -2.09. The minimum atomic E-state index is -2.52. The van der Waals surface area contributed by atoms with Gasteiger partial charge in [-0.2, -0.15) is 4.99 Å². The second-order valence-corrected chi connectivity index (χ2v) is 13.6. The van der Waals surface area contributed by atoms with Crippen molar-refractivity contribution in [2.45, 2.75) is 55.6 Å². The summed E-state index contributed by atoms with van der Waals surface area (Å²) in [4.78, 5) is 61.4. The molecule has 3 heterocycles. The molecule has 18 heteroatoms. The molecule has 0 aromatic heterocycles. The predicted molar refractivity (Wildman–Crippen MR) is 192 cm³/mol. The first-order valence-electron chi connectivity index (χ1n) is 17.6. The minimum absolute atomic E-state index is 0.0354. The molecule has 7 rings (SSSR count). The molecule has 4 aliphatic rings. The fourth-order valence-electron chi connectivity index (χ4n) is 7.29. The number of guanidine groups is 1. The van der Waals surface area contributed by atoms with Gasteiger partial charge in [0, 0.05) is 53.7 Å². The van der Waals surface area contributed by atoms with Gasteiger partial charge in [-0.05, 0) is 12.1 Å². The van der Waals surface area contributed by atoms with E-state index in [-0.39, 0.29) is 76.3 Å². The van der Waals surface area contributed by atoms with Crippen LogP contribution in [0.4, 0.5) is 5.69 Å². The lowest BCUT2D eigenvalue weighted by atomic mass is 9.81. The van der Waals surface area contributed by atoms with Crippen molar-refractivity contribution in [1.29, 1.82) is 5.41 Å². The number of rotatable bonds is 13. The van der Waals surface area contributed by atoms with Crippen molar-refractivity contribution in [2.24, 2.45) is 9.98 Å². The molecule has 9 N–H and O–H groups in total. The highest BCUT2D eigenvalue weighted by Gasteiger charge is 2.56. The van der Waals surface area contributed by atoms with Gasteiger partial charge in [0.2, 0.25) is 18.0 Å². The van der Waals surface area contributed by atoms with Gasteiger partial charge in [-0.1, -0.05) is 42.5 Å². The van der Waals surface area contributed by atoms with Crippen LogP contribution in [0.2, 0.25) is 0 Å². The number of nitrogens with one attached hydrogen (secondary N) is 3. The molecule has 1 saturated heterocycles. The fraction of sp³-hybridized carbons (Fsp3) is 0.342. The Morgan fingerprint density at radius 1 is 1.02 bits per heavy atom. The van der Waals surface area contributed by atoms with Crippen LogP contribution < -0.4 is 19.7 Å². The number of ketones is 2. The average Bonchev–Trinajstić information content (AvgIpc) is 3.61. The number of aliphatic imine (C=N–C) groups is 2. The van der Waals surface area contributed by atoms with Crippen molar-refractivity contribution in [3.8, 4) is 11.5 Å². The lowest BCUT2D eigenvalue weighted by Crippen LogP contribution is -3.09. The Balaban J connectivity index is 1.43. The van der Waals surface area contributed by atoms with Crippen molar-refractivity contribution in [3.63, 3.8) is 0 Å². The van der Waals surface area contributed by atoms with E-state index in [4.69, 9.17) is 19.6 Å². The Bertz CT molecular complexity index is 2190. The van der Waals surface area contributed by atoms with Crippen LogP contribution in [0.1, 0.15) is 55.8 Å². The predicted octanol–water partition coefficient (Wildman–Crippen LogP) is -2.30. The molecule has 0 spiro atoms. The number of carbonyl (C=O) groups excluding carboxylic acids is 4. The molecule has 0 bridgehead atoms. The summed E-state index contributed by atoms with van der Waals surface area (Å²) >= 11 is 0. The van der Waals surface area contributed by atoms with E-state index < -0.39 is 80.0 Å². The van der Waals surface area contributed by atoms with Crippen molar-refractivity contribution < 1.29 is 68.9 Å². The van der Waals surface area contributed by atoms with Crippen LogP contribution in [0.3, 0.4) is 0 Å². The number of carbonyl (C=O) groups is 4. The van der Waals surface area contributed by atoms with E-state index in [1.165, 1.54) is 18.2 Å². The number of ether oxygens (including phenoxy) is 3. The number of amidine groups is 1. The number of aliphatic hydroxyl groups is 6. The standard InChI is InChI=1S/C38H37N5O13/c39-37-41-34-27(35(52)42-37)40-17-43(34)24-8-4-1-5-18(24)13-19-14-23-26(29(49)22-7-3-2-6-21(22)28(23)48)32(54-16-20(47)9-11-44)31(19)56-36-38(53,10-12-45)33(51)30(50)25(15-46)55-36/h1-8,11,14,20,25,30,33,36,45-47,50-51,53H,9-10,12-13,15-17H2,(H2,39,42,52)/p+1/t20-,25+,30+,33-,36-,38+/m1/s1. The largest absolute Gasteiger partial charge is 0.486 e. The molecule has 1 fully saturated rings. The number of quaternary nitrogens is 1. The molecule has 0 radical (unpaired) electrons. The first kappa shape index (κ1) is 38.7. The molecule has 1 aliphatic carbocycles. The summed E-state index contributed by atoms with van der Waals surface area (Å²) in [5, 5.41) is 74.4. The maximum absolute atomic E-state index is 14.3. The molecule has 1 unspecified atom stereocenters. The molecule has 18 nitrogen and oxygen atoms in total. The first-order valence-corrected chi connectivity index (χ1v) is 17.6. The molecule has 292 valence electrons. The molecule has 1 amide bonds. The van der Waals surface area contributed by atoms with E-state index in [2.05, 4.69) is 15.3 Å². The quantitative estimate of drug-likeness (QED) is 0.0648. The van der Waals surface area contributed by atoms with Gasteiger partial charge >= 0.3 is 0 Å². The maximum Gasteiger partial charge on any atom is 0.284 e. The smallest absolute Gasteiger partial charge is 0.284 e. The van der Waals surface area contributed by atoms with Gasteiger partial charge in [0.15, 0.2) is 35.3 Å². The summed E-state index contributed by atoms with van der Waals surface area (Å²) in [5.41, 5.74) is -1.47. The van der Waals surface area contributed by atoms with Crippen LogP contribution in [-0.4, -0.2) is 135 Å². The molecule has 3 aromatic rings. The van der Waals surface area contributed by atoms with Gasteiger partial charge in [-0.25, -0.2) is 9.89 Å². The zero-order chi connectivity index (χ0) is 39.9. The highest BCUT2D eigenvalue weighted by molar-refractivity contribution is 6.68. The lowest BCUT2D eigenvalue weighted by Gasteiger charge is -2.47. The first-order chi connectivity index (χ1) is 26.9. The number of hydrogen-bond acceptors (Lipinski definition) is 15. The number of hydrogen-bond donors (Lipinski definition) is 9. The number of amides is 1. The molecule has 56 heavy (non-hydrogen) atoms. The number of aliphatic hydroxyl groups excluding tert-OH is 5. The van der Waals surface area contributed by atoms with Crippen LogP contribution >= 0.6 is 0 Å². The Morgan fingerprint density at radius 2 is 1.73 bits per heavy atom. The highest BCUT2D eigenvalue weighted by atomic mass is 16.7. The van der Waals surface area contributed by atoms with E-state index in [0.29, 0.717) is 22.4 Å². The summed E-state index contributed by atoms with van der Waals surface area (Å²) in [7, 11) is 0. The monoisotopic (exact) mass is 772 g/mol. The van der Waals surface area contributed by atoms with Gasteiger partial charge in [-0.15, -0.1) is 0 Å². The molecule has 7 atom stereocenters. The fourth-order valence-corrected chi connectivity index (χ4v) is 7.29. The van der Waals surface area contributed by atoms with Gasteiger partial charge in [0.25, 0.3) is 11.7 Å². The Kier molecular flexibility index (Phi) is 10.7. The van der Waals surface area contributed by atoms with E-state index in [1.807, 2.05) is 0 Å². The number of aldehydes is 1. The third kappa shape index (κ3) is 6.71. The van der Waals surface area contributed by atoms with Crippen molar-refractivity contribution in [1.82, 2.24) is 5.32 Å². The summed E-state index contributed by atoms with van der Waals surface area (Å²) < 4.78 is 18.3. The van der Waals surface area contributed by atoms with E-state index in [1.54, 1.807) is 36.4 Å². The molecular formula is C38H38N5O13+. The molecule has 3 aromatic carbocycles. The SMILES string of the molecule is N=C1N=C2C(=NC[NH+]2c2ccccc2Cc2cc3c(c(OC[C@H](O)CC=O)c2O[C@H]2O[C@@H](CO)[C@H](O)[C@@H](O)[C@@]2(O)CCO)C(=O)c2ccccc2C3=O)C(=O)N1. The van der Waals surface area contributed by atoms with Gasteiger partial charge in [0.05, 0.1) is 18.3 Å². The number of para-hydroxylation sites is 1. The Morgan fingerprint density at radius 3 is 2.45 bits per heavy atom. The molecule has 0 saturated carbocycles. The van der Waals surface area contributed by atoms with Crippen LogP contribution in [0.5, 0.6) is 11.5 Å². The van der Waals surface area contributed by atoms with Gasteiger partial charge < -0.3 is 49.6 Å². The Labute approximate surface area is 317 Å². The molecular weight excluding hydrogens is 734 g/mol. The van der Waals surface area contributed by atoms with Crippen molar-refractivity contribution >= 4 is 47.0 Å². The Hall–Kier alpha value is -5.57. The van der Waals surface area contributed by atoms with E-state index >= 15 is 0 Å². The summed E-state index contributed by atoms with van der Waals surface area (Å²) in [6.07, 6.45) is -9.29. The van der Waals surface area contributed by atoms with Gasteiger partial charge in [-0.3, -0.25) is 25.1 Å². The van der Waals surface area contributed by atoms with Gasteiger partial charge in [0.1, 0.15) is 36.9 Å². The normalized spacial score (nSPS) is 26.0. The summed E-state index contributed by atoms with van der Waals surface area (Å²) in [5.74, 6) is -2.67. The van der Waals surface area contributed by atoms with Crippen molar-refractivity contribution in [3.05, 3.63) is 88.0 Å². The second kappa shape index (κ2) is 15.5. The third-order valence-electron chi connectivity index (χ3n) is 10.1. The maximum atomic E-state index is 14.3. The summed E-state index contributed by atoms with van der Waals surface area (Å²) in [6, 6.07) is 14.4. The van der Waals surface area contributed by atoms with Crippen LogP contribution in [-0.2, 0) is 20.7 Å². The third-order valence-corrected chi connectivity index (χ3v) is 10.1. The van der Waals surface area contributed by atoms with Crippen molar-refractivity contribution in [2.75, 3.05) is 26.5 Å². The van der Waals surface area contributed by atoms with E-state index in [9.17, 15) is 49.8 Å². The van der Waals surface area contributed by atoms with Crippen LogP contribution in [0.25, 0.3) is 0 Å². The average molecular weight is 773 g/mol. The topological polar surface area (TPSA) is 282 Å². The zero-order valence-electron chi connectivity index (χ0n) is 29.5. The number of benzene rings is 3. The number of nitrogens with zero attached hydrogens (tertiary/aromatic N) is 2. The van der Waals surface area contributed by atoms with E-state index in [0.717, 1.165) is 0 Å². The number of fused-ring (bicyclic) bond motifs is 3. The minimum Gasteiger partial charge on any atom is -0.486 e. The lowest BCUT2D eigenvalue weighted by molar-refractivity contribution is -0.723. The highest BCUT2D eigenvalue weighted by Crippen LogP contribution is 2.46.